The molecule has 7 rings (SSSR count). The van der Waals surface area contributed by atoms with Crippen LogP contribution in [0, 0.1) is 0 Å². The molecule has 0 amide bonds. The lowest BCUT2D eigenvalue weighted by Crippen LogP contribution is -2.57. The number of hydrogen-bond acceptors (Lipinski definition) is 2. The second kappa shape index (κ2) is 11.0. The molecule has 0 saturated carbocycles. The third-order valence-corrected chi connectivity index (χ3v) is 10.1. The van der Waals surface area contributed by atoms with E-state index < -0.39 is 0 Å². The molecular weight excluding hydrogens is 545 g/mol. The lowest BCUT2D eigenvalue weighted by atomic mass is 9.34. The lowest BCUT2D eigenvalue weighted by Gasteiger charge is -2.42. The average Bonchev–Trinajstić information content (AvgIpc) is 3.03. The Morgan fingerprint density at radius 2 is 1.11 bits per heavy atom. The Kier molecular flexibility index (Phi) is 7.19. The molecule has 0 unspecified atom stereocenters. The molecule has 2 aliphatic rings. The van der Waals surface area contributed by atoms with Gasteiger partial charge in [-0.3, -0.25) is 0 Å². The molecule has 2 aliphatic heterocycles. The molecule has 0 fully saturated rings. The van der Waals surface area contributed by atoms with Gasteiger partial charge in [0.25, 0.3) is 6.71 Å². The van der Waals surface area contributed by atoms with Crippen molar-refractivity contribution < 1.29 is 4.74 Å². The maximum absolute atomic E-state index is 6.69. The number of fused-ring (bicyclic) bond motifs is 4. The largest absolute Gasteiger partial charge is 0.458 e. The summed E-state index contributed by atoms with van der Waals surface area (Å²) in [5.41, 5.74) is 14.4. The monoisotopic (exact) mass is 589 g/mol. The average molecular weight is 590 g/mol. The summed E-state index contributed by atoms with van der Waals surface area (Å²) in [4.78, 5) is 2.46. The SMILES string of the molecule is CC(C)c1cc(C(C)C)c(B2c3ccccc3Oc3ccc(N4c5ccccc5C(C)(C)c5ccccc54)cc32)c(C(C)C)c1. The van der Waals surface area contributed by atoms with Crippen molar-refractivity contribution in [3.05, 3.63) is 131 Å². The molecule has 226 valence electrons. The van der Waals surface area contributed by atoms with Crippen molar-refractivity contribution in [2.24, 2.45) is 0 Å². The van der Waals surface area contributed by atoms with Crippen LogP contribution in [-0.4, -0.2) is 6.71 Å². The molecule has 0 spiro atoms. The second-order valence-electron chi connectivity index (χ2n) is 14.4. The number of hydrogen-bond donors (Lipinski definition) is 0. The molecule has 0 atom stereocenters. The Hall–Kier alpha value is -4.24. The summed E-state index contributed by atoms with van der Waals surface area (Å²) >= 11 is 0. The molecular formula is C42H44BNO. The van der Waals surface area contributed by atoms with Crippen molar-refractivity contribution in [3.63, 3.8) is 0 Å². The van der Waals surface area contributed by atoms with Crippen molar-refractivity contribution in [1.29, 1.82) is 0 Å². The van der Waals surface area contributed by atoms with Gasteiger partial charge in [0, 0.05) is 11.1 Å². The predicted molar refractivity (Wildman–Crippen MR) is 193 cm³/mol. The van der Waals surface area contributed by atoms with Gasteiger partial charge in [0.15, 0.2) is 0 Å². The molecule has 0 aromatic heterocycles. The summed E-state index contributed by atoms with van der Waals surface area (Å²) in [5.74, 6) is 3.15. The van der Waals surface area contributed by atoms with Crippen molar-refractivity contribution in [2.75, 3.05) is 4.90 Å². The van der Waals surface area contributed by atoms with E-state index in [0.29, 0.717) is 17.8 Å². The van der Waals surface area contributed by atoms with Crippen LogP contribution >= 0.6 is 0 Å². The molecule has 3 heteroatoms. The van der Waals surface area contributed by atoms with E-state index in [9.17, 15) is 0 Å². The maximum atomic E-state index is 6.69. The fraction of sp³-hybridized carbons (Fsp3) is 0.286. The van der Waals surface area contributed by atoms with Gasteiger partial charge in [0.1, 0.15) is 11.5 Å². The summed E-state index contributed by atoms with van der Waals surface area (Å²) < 4.78 is 6.69. The molecule has 2 nitrogen and oxygen atoms in total. The number of nitrogens with zero attached hydrogens (tertiary/aromatic N) is 1. The van der Waals surface area contributed by atoms with Crippen LogP contribution in [0.15, 0.2) is 103 Å². The van der Waals surface area contributed by atoms with Crippen LogP contribution in [0.1, 0.15) is 101 Å². The third-order valence-electron chi connectivity index (χ3n) is 10.1. The van der Waals surface area contributed by atoms with E-state index in [2.05, 4.69) is 163 Å². The minimum atomic E-state index is -0.0982. The number of para-hydroxylation sites is 3. The van der Waals surface area contributed by atoms with Gasteiger partial charge in [0.05, 0.1) is 11.4 Å². The number of benzene rings is 5. The zero-order valence-electron chi connectivity index (χ0n) is 28.0. The lowest BCUT2D eigenvalue weighted by molar-refractivity contribution is 0.487. The van der Waals surface area contributed by atoms with Gasteiger partial charge in [0.2, 0.25) is 0 Å². The zero-order chi connectivity index (χ0) is 31.6. The van der Waals surface area contributed by atoms with E-state index in [-0.39, 0.29) is 12.1 Å². The molecule has 0 bridgehead atoms. The first kappa shape index (κ1) is 29.5. The summed E-state index contributed by atoms with van der Waals surface area (Å²) in [6, 6.07) is 38.3. The van der Waals surface area contributed by atoms with Gasteiger partial charge in [-0.1, -0.05) is 128 Å². The predicted octanol–water partition coefficient (Wildman–Crippen LogP) is 9.79. The molecule has 0 radical (unpaired) electrons. The number of anilines is 3. The van der Waals surface area contributed by atoms with E-state index in [1.165, 1.54) is 55.6 Å². The van der Waals surface area contributed by atoms with Crippen LogP contribution in [0.3, 0.4) is 0 Å². The van der Waals surface area contributed by atoms with E-state index in [4.69, 9.17) is 4.74 Å². The third kappa shape index (κ3) is 4.71. The van der Waals surface area contributed by atoms with Gasteiger partial charge in [-0.05, 0) is 92.9 Å². The van der Waals surface area contributed by atoms with E-state index in [1.54, 1.807) is 0 Å². The van der Waals surface area contributed by atoms with Crippen molar-refractivity contribution in [1.82, 2.24) is 0 Å². The molecule has 5 aromatic rings. The van der Waals surface area contributed by atoms with Gasteiger partial charge >= 0.3 is 0 Å². The zero-order valence-corrected chi connectivity index (χ0v) is 28.0. The number of rotatable bonds is 5. The van der Waals surface area contributed by atoms with E-state index in [1.807, 2.05) is 0 Å². The van der Waals surface area contributed by atoms with Gasteiger partial charge < -0.3 is 9.64 Å². The normalized spacial score (nSPS) is 14.6. The smallest absolute Gasteiger partial charge is 0.251 e. The van der Waals surface area contributed by atoms with Gasteiger partial charge in [-0.2, -0.15) is 0 Å². The van der Waals surface area contributed by atoms with E-state index in [0.717, 1.165) is 17.2 Å². The summed E-state index contributed by atoms with van der Waals surface area (Å²) in [6.45, 7) is 18.8. The molecule has 5 aromatic carbocycles. The molecule has 0 saturated heterocycles. The van der Waals surface area contributed by atoms with Gasteiger partial charge in [-0.15, -0.1) is 0 Å². The Balaban J connectivity index is 1.51. The number of ether oxygens (including phenoxy) is 1. The Bertz CT molecular complexity index is 1840. The summed E-state index contributed by atoms with van der Waals surface area (Å²) in [5, 5.41) is 0. The van der Waals surface area contributed by atoms with Crippen LogP contribution in [0.25, 0.3) is 0 Å². The fourth-order valence-electron chi connectivity index (χ4n) is 7.69. The first-order valence-electron chi connectivity index (χ1n) is 16.7. The standard InChI is InChI=1S/C42H44BNO/c1-26(2)29-23-31(27(3)4)41(32(24-29)28(5)6)43-35-17-11-14-20-39(35)45-40-22-21-30(25-36(40)43)44-37-18-12-9-15-33(37)42(7,8)34-16-10-13-19-38(34)44/h9-28H,1-8H3. The van der Waals surface area contributed by atoms with Crippen molar-refractivity contribution >= 4 is 40.2 Å². The van der Waals surface area contributed by atoms with Crippen LogP contribution in [-0.2, 0) is 5.41 Å². The van der Waals surface area contributed by atoms with Crippen molar-refractivity contribution in [3.8, 4) is 11.5 Å². The quantitative estimate of drug-likeness (QED) is 0.186. The molecule has 0 aliphatic carbocycles. The molecule has 45 heavy (non-hydrogen) atoms. The highest BCUT2D eigenvalue weighted by atomic mass is 16.5. The minimum Gasteiger partial charge on any atom is -0.458 e. The second-order valence-corrected chi connectivity index (χ2v) is 14.4. The topological polar surface area (TPSA) is 12.5 Å². The Morgan fingerprint density at radius 3 is 1.69 bits per heavy atom. The Labute approximate surface area is 270 Å². The summed E-state index contributed by atoms with van der Waals surface area (Å²) in [7, 11) is 0. The van der Waals surface area contributed by atoms with E-state index >= 15 is 0 Å². The maximum Gasteiger partial charge on any atom is 0.251 e. The van der Waals surface area contributed by atoms with Crippen molar-refractivity contribution in [2.45, 2.75) is 78.6 Å². The summed E-state index contributed by atoms with van der Waals surface area (Å²) in [6.07, 6.45) is 0. The van der Waals surface area contributed by atoms with Crippen LogP contribution in [0.4, 0.5) is 17.1 Å². The van der Waals surface area contributed by atoms with Gasteiger partial charge in [-0.25, -0.2) is 0 Å². The van der Waals surface area contributed by atoms with Crippen LogP contribution in [0.2, 0.25) is 0 Å². The molecule has 2 heterocycles. The fourth-order valence-corrected chi connectivity index (χ4v) is 7.69. The highest BCUT2D eigenvalue weighted by Crippen LogP contribution is 2.51. The first-order valence-corrected chi connectivity index (χ1v) is 16.7. The Morgan fingerprint density at radius 1 is 0.578 bits per heavy atom. The van der Waals surface area contributed by atoms with Crippen LogP contribution < -0.4 is 26.0 Å². The van der Waals surface area contributed by atoms with Crippen LogP contribution in [0.5, 0.6) is 11.5 Å². The molecule has 0 N–H and O–H groups in total. The highest BCUT2D eigenvalue weighted by Gasteiger charge is 2.39. The highest BCUT2D eigenvalue weighted by molar-refractivity contribution is 6.97. The minimum absolute atomic E-state index is 0.0626. The first-order chi connectivity index (χ1) is 21.6.